The summed E-state index contributed by atoms with van der Waals surface area (Å²) in [5.41, 5.74) is 0.349. The van der Waals surface area contributed by atoms with E-state index in [0.717, 1.165) is 5.56 Å². The lowest BCUT2D eigenvalue weighted by molar-refractivity contribution is 0.0383. The number of alkyl carbamates (subject to hydrolysis) is 1. The van der Waals surface area contributed by atoms with Crippen LogP contribution in [0, 0.1) is 6.92 Å². The smallest absolute Gasteiger partial charge is 0.407 e. The Morgan fingerprint density at radius 3 is 2.55 bits per heavy atom. The first kappa shape index (κ1) is 16.5. The number of rotatable bonds is 4. The first-order chi connectivity index (χ1) is 9.19. The summed E-state index contributed by atoms with van der Waals surface area (Å²) in [5, 5.41) is 4.46. The van der Waals surface area contributed by atoms with Crippen molar-refractivity contribution < 1.29 is 19.1 Å². The van der Waals surface area contributed by atoms with Crippen molar-refractivity contribution in [2.45, 2.75) is 46.3 Å². The molecule has 1 atom stereocenters. The Kier molecular flexibility index (Phi) is 5.56. The molecule has 0 aliphatic carbocycles. The average molecular weight is 299 g/mol. The standard InChI is InChI=1S/C14H21NO4S/c1-9-6-7-20-11(9)12(16)18-8-10(2)15-13(17)19-14(3,4)5/h6-7,10H,8H2,1-5H3,(H,15,17). The minimum atomic E-state index is -0.547. The maximum Gasteiger partial charge on any atom is 0.407 e. The van der Waals surface area contributed by atoms with Crippen LogP contribution < -0.4 is 5.32 Å². The van der Waals surface area contributed by atoms with E-state index < -0.39 is 11.7 Å². The predicted molar refractivity (Wildman–Crippen MR) is 78.2 cm³/mol. The Hall–Kier alpha value is -1.56. The average Bonchev–Trinajstić information content (AvgIpc) is 2.69. The number of hydrogen-bond donors (Lipinski definition) is 1. The number of aryl methyl sites for hydroxylation is 1. The van der Waals surface area contributed by atoms with E-state index in [1.54, 1.807) is 27.7 Å². The minimum absolute atomic E-state index is 0.107. The molecule has 1 aromatic heterocycles. The van der Waals surface area contributed by atoms with Gasteiger partial charge in [-0.15, -0.1) is 11.3 Å². The van der Waals surface area contributed by atoms with E-state index in [-0.39, 0.29) is 18.6 Å². The number of ether oxygens (including phenoxy) is 2. The molecule has 1 aromatic rings. The van der Waals surface area contributed by atoms with E-state index in [0.29, 0.717) is 4.88 Å². The van der Waals surface area contributed by atoms with Gasteiger partial charge in [0.1, 0.15) is 17.1 Å². The number of amides is 1. The quantitative estimate of drug-likeness (QED) is 0.868. The van der Waals surface area contributed by atoms with Crippen LogP contribution in [0.15, 0.2) is 11.4 Å². The molecular formula is C14H21NO4S. The number of esters is 1. The lowest BCUT2D eigenvalue weighted by Gasteiger charge is -2.21. The molecule has 5 nitrogen and oxygen atoms in total. The van der Waals surface area contributed by atoms with Crippen molar-refractivity contribution in [2.75, 3.05) is 6.61 Å². The largest absolute Gasteiger partial charge is 0.459 e. The van der Waals surface area contributed by atoms with Gasteiger partial charge in [0.2, 0.25) is 0 Å². The molecular weight excluding hydrogens is 278 g/mol. The number of nitrogens with one attached hydrogen (secondary N) is 1. The van der Waals surface area contributed by atoms with Gasteiger partial charge in [-0.1, -0.05) is 0 Å². The van der Waals surface area contributed by atoms with Gasteiger partial charge < -0.3 is 14.8 Å². The maximum absolute atomic E-state index is 11.8. The van der Waals surface area contributed by atoms with Crippen molar-refractivity contribution in [3.05, 3.63) is 21.9 Å². The van der Waals surface area contributed by atoms with E-state index >= 15 is 0 Å². The van der Waals surface area contributed by atoms with Crippen molar-refractivity contribution >= 4 is 23.4 Å². The summed E-state index contributed by atoms with van der Waals surface area (Å²) < 4.78 is 10.3. The van der Waals surface area contributed by atoms with Crippen LogP contribution in [0.4, 0.5) is 4.79 Å². The Balaban J connectivity index is 2.37. The third-order valence-electron chi connectivity index (χ3n) is 2.28. The summed E-state index contributed by atoms with van der Waals surface area (Å²) in [5.74, 6) is -0.365. The lowest BCUT2D eigenvalue weighted by atomic mass is 10.2. The van der Waals surface area contributed by atoms with Crippen LogP contribution in [0.2, 0.25) is 0 Å². The van der Waals surface area contributed by atoms with Gasteiger partial charge in [0.15, 0.2) is 0 Å². The second-order valence-corrected chi connectivity index (χ2v) is 6.49. The van der Waals surface area contributed by atoms with Gasteiger partial charge in [0.25, 0.3) is 0 Å². The second kappa shape index (κ2) is 6.74. The molecule has 1 N–H and O–H groups in total. The molecule has 0 saturated heterocycles. The fraction of sp³-hybridized carbons (Fsp3) is 0.571. The zero-order chi connectivity index (χ0) is 15.3. The summed E-state index contributed by atoms with van der Waals surface area (Å²) in [7, 11) is 0. The molecule has 0 aliphatic rings. The fourth-order valence-electron chi connectivity index (χ4n) is 1.40. The molecule has 1 unspecified atom stereocenters. The van der Waals surface area contributed by atoms with Gasteiger partial charge in [-0.2, -0.15) is 0 Å². The minimum Gasteiger partial charge on any atom is -0.459 e. The van der Waals surface area contributed by atoms with Crippen LogP contribution in [0.3, 0.4) is 0 Å². The highest BCUT2D eigenvalue weighted by Gasteiger charge is 2.19. The summed E-state index contributed by atoms with van der Waals surface area (Å²) >= 11 is 1.34. The molecule has 1 heterocycles. The van der Waals surface area contributed by atoms with Crippen molar-refractivity contribution in [1.29, 1.82) is 0 Å². The molecule has 0 bridgehead atoms. The van der Waals surface area contributed by atoms with Crippen molar-refractivity contribution in [2.24, 2.45) is 0 Å². The number of hydrogen-bond acceptors (Lipinski definition) is 5. The van der Waals surface area contributed by atoms with E-state index in [9.17, 15) is 9.59 Å². The van der Waals surface area contributed by atoms with Gasteiger partial charge in [-0.3, -0.25) is 0 Å². The van der Waals surface area contributed by atoms with E-state index in [4.69, 9.17) is 9.47 Å². The molecule has 112 valence electrons. The SMILES string of the molecule is Cc1ccsc1C(=O)OCC(C)NC(=O)OC(C)(C)C. The maximum atomic E-state index is 11.8. The van der Waals surface area contributed by atoms with Crippen LogP contribution in [0.25, 0.3) is 0 Å². The monoisotopic (exact) mass is 299 g/mol. The number of carbonyl (C=O) groups excluding carboxylic acids is 2. The number of carbonyl (C=O) groups is 2. The third-order valence-corrected chi connectivity index (χ3v) is 3.27. The molecule has 0 spiro atoms. The molecule has 20 heavy (non-hydrogen) atoms. The Morgan fingerprint density at radius 2 is 2.05 bits per heavy atom. The third kappa shape index (κ3) is 5.61. The lowest BCUT2D eigenvalue weighted by Crippen LogP contribution is -2.40. The first-order valence-electron chi connectivity index (χ1n) is 6.40. The predicted octanol–water partition coefficient (Wildman–Crippen LogP) is 3.13. The van der Waals surface area contributed by atoms with Gasteiger partial charge in [0.05, 0.1) is 6.04 Å². The highest BCUT2D eigenvalue weighted by atomic mass is 32.1. The van der Waals surface area contributed by atoms with Crippen LogP contribution >= 0.6 is 11.3 Å². The van der Waals surface area contributed by atoms with E-state index in [1.807, 2.05) is 18.4 Å². The van der Waals surface area contributed by atoms with Crippen molar-refractivity contribution in [3.8, 4) is 0 Å². The molecule has 0 radical (unpaired) electrons. The van der Waals surface area contributed by atoms with Crippen LogP contribution in [0.1, 0.15) is 42.9 Å². The molecule has 0 fully saturated rings. The van der Waals surface area contributed by atoms with Gasteiger partial charge in [-0.05, 0) is 51.6 Å². The molecule has 1 rings (SSSR count). The van der Waals surface area contributed by atoms with Crippen molar-refractivity contribution in [3.63, 3.8) is 0 Å². The van der Waals surface area contributed by atoms with Crippen molar-refractivity contribution in [1.82, 2.24) is 5.32 Å². The topological polar surface area (TPSA) is 64.6 Å². The molecule has 1 amide bonds. The fourth-order valence-corrected chi connectivity index (χ4v) is 2.22. The van der Waals surface area contributed by atoms with Gasteiger partial charge in [-0.25, -0.2) is 9.59 Å². The zero-order valence-electron chi connectivity index (χ0n) is 12.5. The normalized spacial score (nSPS) is 12.7. The molecule has 0 aromatic carbocycles. The molecule has 6 heteroatoms. The van der Waals surface area contributed by atoms with E-state index in [1.165, 1.54) is 11.3 Å². The van der Waals surface area contributed by atoms with Gasteiger partial charge >= 0.3 is 12.1 Å². The number of thiophene rings is 1. The zero-order valence-corrected chi connectivity index (χ0v) is 13.3. The molecule has 0 saturated carbocycles. The van der Waals surface area contributed by atoms with Crippen LogP contribution in [-0.2, 0) is 9.47 Å². The molecule has 0 aliphatic heterocycles. The summed E-state index contributed by atoms with van der Waals surface area (Å²) in [6.07, 6.45) is -0.520. The summed E-state index contributed by atoms with van der Waals surface area (Å²) in [6, 6.07) is 1.55. The summed E-state index contributed by atoms with van der Waals surface area (Å²) in [4.78, 5) is 23.9. The van der Waals surface area contributed by atoms with Crippen LogP contribution in [-0.4, -0.2) is 30.3 Å². The first-order valence-corrected chi connectivity index (χ1v) is 7.28. The van der Waals surface area contributed by atoms with Gasteiger partial charge in [0, 0.05) is 0 Å². The highest BCUT2D eigenvalue weighted by molar-refractivity contribution is 7.12. The Bertz CT molecular complexity index is 476. The van der Waals surface area contributed by atoms with E-state index in [2.05, 4.69) is 5.32 Å². The Labute approximate surface area is 123 Å². The second-order valence-electron chi connectivity index (χ2n) is 5.58. The highest BCUT2D eigenvalue weighted by Crippen LogP contribution is 2.16. The van der Waals surface area contributed by atoms with Crippen LogP contribution in [0.5, 0.6) is 0 Å². The summed E-state index contributed by atoms with van der Waals surface area (Å²) in [6.45, 7) is 9.08. The Morgan fingerprint density at radius 1 is 1.40 bits per heavy atom.